The number of hydrazine groups is 1. The molecule has 0 aromatic rings. The van der Waals surface area contributed by atoms with Crippen LogP contribution in [0.3, 0.4) is 0 Å². The zero-order chi connectivity index (χ0) is 10.3. The number of nitrogens with zero attached hydrogens (tertiary/aromatic N) is 1. The number of aliphatic imine (C=N–C) groups is 1. The van der Waals surface area contributed by atoms with Crippen molar-refractivity contribution >= 4 is 5.96 Å². The van der Waals surface area contributed by atoms with Crippen LogP contribution in [0.1, 0.15) is 27.7 Å². The summed E-state index contributed by atoms with van der Waals surface area (Å²) < 4.78 is 0. The van der Waals surface area contributed by atoms with Crippen LogP contribution in [0.15, 0.2) is 4.99 Å². The molecule has 0 atom stereocenters. The molecule has 0 radical (unpaired) electrons. The predicted molar refractivity (Wildman–Crippen MR) is 54.9 cm³/mol. The van der Waals surface area contributed by atoms with Crippen molar-refractivity contribution in [3.8, 4) is 0 Å². The Morgan fingerprint density at radius 2 is 1.77 bits per heavy atom. The van der Waals surface area contributed by atoms with Gasteiger partial charge in [0, 0.05) is 6.54 Å². The summed E-state index contributed by atoms with van der Waals surface area (Å²) in [5.74, 6) is 6.03. The number of hydrogen-bond donors (Lipinski definition) is 3. The maximum Gasteiger partial charge on any atom is 0.203 e. The van der Waals surface area contributed by atoms with Crippen molar-refractivity contribution in [2.45, 2.75) is 27.7 Å². The number of rotatable bonds is 2. The van der Waals surface area contributed by atoms with Crippen LogP contribution >= 0.6 is 0 Å². The highest BCUT2D eigenvalue weighted by Gasteiger charge is 2.64. The highest BCUT2D eigenvalue weighted by Crippen LogP contribution is 2.68. The fourth-order valence-corrected chi connectivity index (χ4v) is 2.02. The Morgan fingerprint density at radius 1 is 1.31 bits per heavy atom. The maximum absolute atomic E-state index is 5.44. The van der Waals surface area contributed by atoms with Crippen LogP contribution in [0.5, 0.6) is 0 Å². The molecule has 0 saturated heterocycles. The minimum absolute atomic E-state index is 0.318. The normalized spacial score (nSPS) is 25.8. The van der Waals surface area contributed by atoms with Gasteiger partial charge in [-0.2, -0.15) is 0 Å². The van der Waals surface area contributed by atoms with E-state index in [1.165, 1.54) is 0 Å². The molecule has 0 unspecified atom stereocenters. The number of nitrogens with two attached hydrogens (primary N) is 2. The van der Waals surface area contributed by atoms with Crippen LogP contribution in [-0.2, 0) is 0 Å². The fraction of sp³-hybridized carbons (Fsp3) is 0.889. The summed E-state index contributed by atoms with van der Waals surface area (Å²) in [7, 11) is 0. The minimum Gasteiger partial charge on any atom is -0.369 e. The summed E-state index contributed by atoms with van der Waals surface area (Å²) in [4.78, 5) is 4.15. The van der Waals surface area contributed by atoms with Crippen molar-refractivity contribution in [3.05, 3.63) is 0 Å². The predicted octanol–water partition coefficient (Wildman–Crippen LogP) is 0.447. The lowest BCUT2D eigenvalue weighted by Gasteiger charge is -2.04. The molecule has 0 aliphatic heterocycles. The van der Waals surface area contributed by atoms with Crippen molar-refractivity contribution < 1.29 is 0 Å². The first-order chi connectivity index (χ1) is 5.84. The van der Waals surface area contributed by atoms with Gasteiger partial charge in [-0.25, -0.2) is 5.84 Å². The minimum atomic E-state index is 0.318. The summed E-state index contributed by atoms with van der Waals surface area (Å²) in [5, 5.41) is 0. The van der Waals surface area contributed by atoms with E-state index < -0.39 is 0 Å². The zero-order valence-corrected chi connectivity index (χ0v) is 8.89. The average molecular weight is 184 g/mol. The second-order valence-corrected chi connectivity index (χ2v) is 4.87. The van der Waals surface area contributed by atoms with Gasteiger partial charge in [0.15, 0.2) is 0 Å². The summed E-state index contributed by atoms with van der Waals surface area (Å²) in [6.07, 6.45) is 0. The van der Waals surface area contributed by atoms with Crippen molar-refractivity contribution in [2.75, 3.05) is 6.54 Å². The van der Waals surface area contributed by atoms with Gasteiger partial charge >= 0.3 is 0 Å². The van der Waals surface area contributed by atoms with Crippen molar-refractivity contribution in [2.24, 2.45) is 33.3 Å². The summed E-state index contributed by atoms with van der Waals surface area (Å²) >= 11 is 0. The third-order valence-corrected chi connectivity index (χ3v) is 3.91. The van der Waals surface area contributed by atoms with E-state index in [9.17, 15) is 0 Å². The summed E-state index contributed by atoms with van der Waals surface area (Å²) in [5.41, 5.74) is 8.50. The van der Waals surface area contributed by atoms with Gasteiger partial charge in [0.2, 0.25) is 5.96 Å². The third kappa shape index (κ3) is 1.50. The van der Waals surface area contributed by atoms with Crippen LogP contribution in [0.2, 0.25) is 0 Å². The van der Waals surface area contributed by atoms with Gasteiger partial charge in [-0.05, 0) is 16.7 Å². The summed E-state index contributed by atoms with van der Waals surface area (Å²) in [6.45, 7) is 9.81. The van der Waals surface area contributed by atoms with Crippen molar-refractivity contribution in [1.29, 1.82) is 0 Å². The van der Waals surface area contributed by atoms with Gasteiger partial charge in [0.25, 0.3) is 0 Å². The molecule has 0 amide bonds. The zero-order valence-electron chi connectivity index (χ0n) is 8.89. The average Bonchev–Trinajstić information content (AvgIpc) is 2.40. The van der Waals surface area contributed by atoms with Gasteiger partial charge < -0.3 is 5.73 Å². The van der Waals surface area contributed by atoms with Crippen LogP contribution in [-0.4, -0.2) is 12.5 Å². The highest BCUT2D eigenvalue weighted by atomic mass is 15.3. The molecule has 1 aliphatic rings. The quantitative estimate of drug-likeness (QED) is 0.252. The summed E-state index contributed by atoms with van der Waals surface area (Å²) in [6, 6.07) is 0. The molecule has 0 aromatic heterocycles. The van der Waals surface area contributed by atoms with Gasteiger partial charge in [-0.15, -0.1) is 0 Å². The molecule has 5 N–H and O–H groups in total. The van der Waals surface area contributed by atoms with E-state index in [2.05, 4.69) is 38.1 Å². The SMILES string of the molecule is CC1(C)C(CN=C(N)NN)C1(C)C. The largest absolute Gasteiger partial charge is 0.369 e. The maximum atomic E-state index is 5.44. The van der Waals surface area contributed by atoms with E-state index in [4.69, 9.17) is 11.6 Å². The molecule has 4 heteroatoms. The molecule has 1 saturated carbocycles. The third-order valence-electron chi connectivity index (χ3n) is 3.91. The molecule has 4 nitrogen and oxygen atoms in total. The lowest BCUT2D eigenvalue weighted by molar-refractivity contribution is 0.457. The Hall–Kier alpha value is -0.770. The van der Waals surface area contributed by atoms with Crippen LogP contribution < -0.4 is 17.0 Å². The molecule has 1 rings (SSSR count). The Morgan fingerprint density at radius 3 is 2.08 bits per heavy atom. The van der Waals surface area contributed by atoms with E-state index >= 15 is 0 Å². The molecule has 0 bridgehead atoms. The molecule has 76 valence electrons. The molecular formula is C9H20N4. The molecular weight excluding hydrogens is 164 g/mol. The first-order valence-corrected chi connectivity index (χ1v) is 4.60. The van der Waals surface area contributed by atoms with E-state index in [1.807, 2.05) is 0 Å². The van der Waals surface area contributed by atoms with Crippen LogP contribution in [0.25, 0.3) is 0 Å². The van der Waals surface area contributed by atoms with Crippen molar-refractivity contribution in [1.82, 2.24) is 5.43 Å². The monoisotopic (exact) mass is 184 g/mol. The Bertz CT molecular complexity index is 216. The van der Waals surface area contributed by atoms with E-state index in [0.29, 0.717) is 22.7 Å². The lowest BCUT2D eigenvalue weighted by atomic mass is 10.0. The number of guanidine groups is 1. The number of hydrogen-bond acceptors (Lipinski definition) is 2. The van der Waals surface area contributed by atoms with E-state index in [0.717, 1.165) is 6.54 Å². The van der Waals surface area contributed by atoms with Crippen LogP contribution in [0.4, 0.5) is 0 Å². The smallest absolute Gasteiger partial charge is 0.203 e. The first-order valence-electron chi connectivity index (χ1n) is 4.60. The first kappa shape index (κ1) is 10.3. The Labute approximate surface area is 79.7 Å². The molecule has 1 aliphatic carbocycles. The lowest BCUT2D eigenvalue weighted by Crippen LogP contribution is -2.37. The van der Waals surface area contributed by atoms with E-state index in [1.54, 1.807) is 0 Å². The molecule has 1 fully saturated rings. The second-order valence-electron chi connectivity index (χ2n) is 4.87. The molecule has 0 heterocycles. The van der Waals surface area contributed by atoms with Gasteiger partial charge in [-0.1, -0.05) is 27.7 Å². The van der Waals surface area contributed by atoms with Crippen LogP contribution in [0, 0.1) is 16.7 Å². The molecule has 0 aromatic carbocycles. The highest BCUT2D eigenvalue weighted by molar-refractivity contribution is 5.77. The molecule has 0 spiro atoms. The Kier molecular flexibility index (Phi) is 2.28. The van der Waals surface area contributed by atoms with Gasteiger partial charge in [-0.3, -0.25) is 10.4 Å². The Balaban J connectivity index is 2.52. The number of nitrogens with one attached hydrogen (secondary N) is 1. The van der Waals surface area contributed by atoms with Crippen molar-refractivity contribution in [3.63, 3.8) is 0 Å². The van der Waals surface area contributed by atoms with Gasteiger partial charge in [0.1, 0.15) is 0 Å². The second kappa shape index (κ2) is 2.87. The fourth-order valence-electron chi connectivity index (χ4n) is 2.02. The molecule has 13 heavy (non-hydrogen) atoms. The standard InChI is InChI=1S/C9H20N4/c1-8(2)6(9(8,3)4)5-12-7(10)13-11/h6H,5,11H2,1-4H3,(H3,10,12,13). The topological polar surface area (TPSA) is 76.4 Å². The van der Waals surface area contributed by atoms with Gasteiger partial charge in [0.05, 0.1) is 0 Å². The van der Waals surface area contributed by atoms with E-state index in [-0.39, 0.29) is 0 Å².